The lowest BCUT2D eigenvalue weighted by atomic mass is 9.71. The van der Waals surface area contributed by atoms with Crippen LogP contribution in [-0.4, -0.2) is 71.7 Å². The minimum Gasteiger partial charge on any atom is -0.394 e. The average Bonchev–Trinajstić information content (AvgIpc) is 2.78. The Kier molecular flexibility index (Phi) is 11.6. The lowest BCUT2D eigenvalue weighted by Gasteiger charge is -2.42. The molecule has 0 radical (unpaired) electrons. The first-order valence-electron chi connectivity index (χ1n) is 12.6. The van der Waals surface area contributed by atoms with Crippen LogP contribution in [0.4, 0.5) is 0 Å². The molecule has 1 fully saturated rings. The molecule has 200 valence electrons. The van der Waals surface area contributed by atoms with Crippen LogP contribution in [0.1, 0.15) is 65.9 Å². The normalized spacial score (nSPS) is 25.4. The summed E-state index contributed by atoms with van der Waals surface area (Å²) in [5.41, 5.74) is 1.39. The summed E-state index contributed by atoms with van der Waals surface area (Å²) in [5.74, 6) is -0.364. The molecule has 4 N–H and O–H groups in total. The number of rotatable bonds is 14. The SMILES string of the molecule is CC(=O)NC1C(OCCCC(C)(C)CC(C)(C)CCOCc2ccccc2)OC(CO)C(O)C1O. The monoisotopic (exact) mass is 495 g/mol. The van der Waals surface area contributed by atoms with E-state index in [1.54, 1.807) is 0 Å². The zero-order valence-corrected chi connectivity index (χ0v) is 21.9. The minimum atomic E-state index is -1.31. The number of ether oxygens (including phenoxy) is 3. The lowest BCUT2D eigenvalue weighted by molar-refractivity contribution is -0.270. The molecule has 8 nitrogen and oxygen atoms in total. The summed E-state index contributed by atoms with van der Waals surface area (Å²) in [6.07, 6.45) is -0.837. The van der Waals surface area contributed by atoms with E-state index in [9.17, 15) is 20.1 Å². The Labute approximate surface area is 210 Å². The van der Waals surface area contributed by atoms with Gasteiger partial charge in [0.05, 0.1) is 13.2 Å². The fourth-order valence-electron chi connectivity index (χ4n) is 4.95. The third-order valence-corrected chi connectivity index (χ3v) is 6.52. The van der Waals surface area contributed by atoms with Gasteiger partial charge in [0.1, 0.15) is 24.4 Å². The Morgan fingerprint density at radius 1 is 1.03 bits per heavy atom. The van der Waals surface area contributed by atoms with Gasteiger partial charge in [-0.25, -0.2) is 0 Å². The summed E-state index contributed by atoms with van der Waals surface area (Å²) in [6, 6.07) is 9.27. The average molecular weight is 496 g/mol. The molecular weight excluding hydrogens is 450 g/mol. The topological polar surface area (TPSA) is 117 Å². The van der Waals surface area contributed by atoms with Crippen LogP contribution in [0.25, 0.3) is 0 Å². The molecule has 0 aromatic heterocycles. The molecule has 1 aromatic carbocycles. The van der Waals surface area contributed by atoms with Crippen molar-refractivity contribution >= 4 is 5.91 Å². The van der Waals surface area contributed by atoms with Gasteiger partial charge >= 0.3 is 0 Å². The molecule has 1 amide bonds. The standard InChI is InChI=1S/C27H45NO7/c1-19(30)28-22-24(32)23(31)21(16-29)35-25(22)34-14-9-12-26(2,3)18-27(4,5)13-15-33-17-20-10-7-6-8-11-20/h6-8,10-11,21-25,29,31-32H,9,12-18H2,1-5H3,(H,28,30). The molecule has 0 saturated carbocycles. The molecule has 1 aliphatic heterocycles. The maximum Gasteiger partial charge on any atom is 0.217 e. The van der Waals surface area contributed by atoms with Crippen molar-refractivity contribution in [2.75, 3.05) is 19.8 Å². The summed E-state index contributed by atoms with van der Waals surface area (Å²) < 4.78 is 17.4. The van der Waals surface area contributed by atoms with E-state index in [2.05, 4.69) is 45.1 Å². The highest BCUT2D eigenvalue weighted by atomic mass is 16.7. The second-order valence-electron chi connectivity index (χ2n) is 11.2. The molecule has 1 heterocycles. The third-order valence-electron chi connectivity index (χ3n) is 6.52. The van der Waals surface area contributed by atoms with Gasteiger partial charge in [-0.1, -0.05) is 58.0 Å². The molecule has 35 heavy (non-hydrogen) atoms. The van der Waals surface area contributed by atoms with E-state index >= 15 is 0 Å². The van der Waals surface area contributed by atoms with Crippen molar-refractivity contribution in [3.8, 4) is 0 Å². The van der Waals surface area contributed by atoms with Gasteiger partial charge in [0, 0.05) is 20.1 Å². The van der Waals surface area contributed by atoms with Gasteiger partial charge in [-0.05, 0) is 42.1 Å². The fourth-order valence-corrected chi connectivity index (χ4v) is 4.95. The van der Waals surface area contributed by atoms with Crippen LogP contribution in [0.2, 0.25) is 0 Å². The first-order valence-corrected chi connectivity index (χ1v) is 12.6. The number of hydrogen-bond donors (Lipinski definition) is 4. The zero-order chi connectivity index (χ0) is 26.1. The van der Waals surface area contributed by atoms with Crippen LogP contribution >= 0.6 is 0 Å². The number of carbonyl (C=O) groups is 1. The largest absolute Gasteiger partial charge is 0.394 e. The van der Waals surface area contributed by atoms with Gasteiger partial charge in [0.2, 0.25) is 5.91 Å². The van der Waals surface area contributed by atoms with Crippen LogP contribution in [-0.2, 0) is 25.6 Å². The van der Waals surface area contributed by atoms with Crippen LogP contribution in [0.3, 0.4) is 0 Å². The Hall–Kier alpha value is -1.55. The highest BCUT2D eigenvalue weighted by molar-refractivity contribution is 5.73. The number of benzene rings is 1. The van der Waals surface area contributed by atoms with E-state index in [4.69, 9.17) is 14.2 Å². The summed E-state index contributed by atoms with van der Waals surface area (Å²) in [4.78, 5) is 11.5. The van der Waals surface area contributed by atoms with Crippen LogP contribution < -0.4 is 5.32 Å². The first-order chi connectivity index (χ1) is 16.4. The van der Waals surface area contributed by atoms with Gasteiger partial charge in [0.15, 0.2) is 6.29 Å². The predicted molar refractivity (Wildman–Crippen MR) is 133 cm³/mol. The number of aliphatic hydroxyl groups excluding tert-OH is 3. The van der Waals surface area contributed by atoms with Crippen molar-refractivity contribution in [1.82, 2.24) is 5.32 Å². The highest BCUT2D eigenvalue weighted by Crippen LogP contribution is 2.39. The van der Waals surface area contributed by atoms with Crippen molar-refractivity contribution in [2.24, 2.45) is 10.8 Å². The number of amides is 1. The zero-order valence-electron chi connectivity index (χ0n) is 21.9. The Morgan fingerprint density at radius 3 is 2.31 bits per heavy atom. The first kappa shape index (κ1) is 29.7. The lowest BCUT2D eigenvalue weighted by Crippen LogP contribution is -2.64. The van der Waals surface area contributed by atoms with Crippen molar-refractivity contribution in [3.05, 3.63) is 35.9 Å². The number of hydrogen-bond acceptors (Lipinski definition) is 7. The minimum absolute atomic E-state index is 0.0834. The Bertz CT molecular complexity index is 755. The maximum absolute atomic E-state index is 11.5. The molecule has 5 unspecified atom stereocenters. The quantitative estimate of drug-likeness (QED) is 0.293. The molecule has 5 atom stereocenters. The molecule has 0 spiro atoms. The van der Waals surface area contributed by atoms with Crippen molar-refractivity contribution in [3.63, 3.8) is 0 Å². The Balaban J connectivity index is 1.76. The number of aliphatic hydroxyl groups is 3. The van der Waals surface area contributed by atoms with Crippen LogP contribution in [0.15, 0.2) is 30.3 Å². The van der Waals surface area contributed by atoms with Gasteiger partial charge in [-0.2, -0.15) is 0 Å². The van der Waals surface area contributed by atoms with E-state index in [0.29, 0.717) is 19.8 Å². The molecular formula is C27H45NO7. The second kappa shape index (κ2) is 13.7. The van der Waals surface area contributed by atoms with Crippen molar-refractivity contribution in [1.29, 1.82) is 0 Å². The smallest absolute Gasteiger partial charge is 0.217 e. The molecule has 1 aromatic rings. The summed E-state index contributed by atoms with van der Waals surface area (Å²) >= 11 is 0. The summed E-state index contributed by atoms with van der Waals surface area (Å²) in [6.45, 7) is 11.6. The highest BCUT2D eigenvalue weighted by Gasteiger charge is 2.45. The van der Waals surface area contributed by atoms with Gasteiger partial charge in [-0.15, -0.1) is 0 Å². The van der Waals surface area contributed by atoms with E-state index in [1.807, 2.05) is 18.2 Å². The Morgan fingerprint density at radius 2 is 1.69 bits per heavy atom. The van der Waals surface area contributed by atoms with E-state index in [0.717, 1.165) is 25.7 Å². The number of carbonyl (C=O) groups excluding carboxylic acids is 1. The third kappa shape index (κ3) is 10.1. The number of nitrogens with one attached hydrogen (secondary N) is 1. The summed E-state index contributed by atoms with van der Waals surface area (Å²) in [5, 5.41) is 32.5. The molecule has 1 aliphatic rings. The molecule has 8 heteroatoms. The maximum atomic E-state index is 11.5. The fraction of sp³-hybridized carbons (Fsp3) is 0.741. The van der Waals surface area contributed by atoms with Crippen LogP contribution in [0.5, 0.6) is 0 Å². The molecule has 0 aliphatic carbocycles. The van der Waals surface area contributed by atoms with Crippen molar-refractivity contribution < 1.29 is 34.3 Å². The van der Waals surface area contributed by atoms with E-state index in [1.165, 1.54) is 12.5 Å². The van der Waals surface area contributed by atoms with E-state index < -0.39 is 37.3 Å². The van der Waals surface area contributed by atoms with Crippen molar-refractivity contribution in [2.45, 2.75) is 97.6 Å². The predicted octanol–water partition coefficient (Wildman–Crippen LogP) is 2.78. The van der Waals surface area contributed by atoms with Gasteiger partial charge in [-0.3, -0.25) is 4.79 Å². The molecule has 2 rings (SSSR count). The second-order valence-corrected chi connectivity index (χ2v) is 11.2. The molecule has 0 bridgehead atoms. The van der Waals surface area contributed by atoms with Gasteiger partial charge < -0.3 is 34.8 Å². The molecule has 1 saturated heterocycles. The van der Waals surface area contributed by atoms with E-state index in [-0.39, 0.29) is 16.7 Å². The summed E-state index contributed by atoms with van der Waals surface area (Å²) in [7, 11) is 0. The van der Waals surface area contributed by atoms with Crippen LogP contribution in [0, 0.1) is 10.8 Å². The van der Waals surface area contributed by atoms with Gasteiger partial charge in [0.25, 0.3) is 0 Å².